The van der Waals surface area contributed by atoms with Gasteiger partial charge in [0.05, 0.1) is 11.4 Å². The van der Waals surface area contributed by atoms with E-state index in [-0.39, 0.29) is 5.41 Å². The summed E-state index contributed by atoms with van der Waals surface area (Å²) in [7, 11) is 0. The first-order valence-electron chi connectivity index (χ1n) is 19.5. The Morgan fingerprint density at radius 1 is 0.351 bits per heavy atom. The molecule has 0 unspecified atom stereocenters. The van der Waals surface area contributed by atoms with E-state index >= 15 is 0 Å². The van der Waals surface area contributed by atoms with Gasteiger partial charge in [0, 0.05) is 32.9 Å². The summed E-state index contributed by atoms with van der Waals surface area (Å²) >= 11 is 0. The number of aromatic nitrogens is 2. The first kappa shape index (κ1) is 33.0. The lowest BCUT2D eigenvalue weighted by Crippen LogP contribution is -2.23. The number of rotatable bonds is 6. The van der Waals surface area contributed by atoms with Gasteiger partial charge in [-0.2, -0.15) is 0 Å². The Morgan fingerprint density at radius 2 is 0.825 bits per heavy atom. The molecule has 1 aliphatic carbocycles. The van der Waals surface area contributed by atoms with Crippen molar-refractivity contribution in [3.8, 4) is 67.3 Å². The fraction of sp³-hybridized carbons (Fsp3) is 0.0370. The molecule has 1 aliphatic rings. The van der Waals surface area contributed by atoms with Gasteiger partial charge in [-0.1, -0.05) is 176 Å². The van der Waals surface area contributed by atoms with Crippen molar-refractivity contribution in [2.75, 3.05) is 0 Å². The van der Waals surface area contributed by atoms with Crippen molar-refractivity contribution in [1.82, 2.24) is 9.97 Å². The predicted octanol–water partition coefficient (Wildman–Crippen LogP) is 14.0. The summed E-state index contributed by atoms with van der Waals surface area (Å²) in [6.45, 7) is 2.38. The molecule has 0 atom stereocenters. The topological polar surface area (TPSA) is 38.9 Å². The zero-order valence-corrected chi connectivity index (χ0v) is 31.4. The van der Waals surface area contributed by atoms with Gasteiger partial charge in [-0.3, -0.25) is 0 Å². The molecule has 0 N–H and O–H groups in total. The van der Waals surface area contributed by atoms with Crippen molar-refractivity contribution >= 4 is 21.9 Å². The second kappa shape index (κ2) is 13.1. The zero-order valence-electron chi connectivity index (χ0n) is 31.4. The lowest BCUT2D eigenvalue weighted by atomic mass is 9.71. The van der Waals surface area contributed by atoms with Gasteiger partial charge in [-0.25, -0.2) is 9.97 Å². The summed E-state index contributed by atoms with van der Waals surface area (Å²) in [5.74, 6) is 0.699. The molecular weight excluding hydrogens is 693 g/mol. The molecule has 2 heterocycles. The number of para-hydroxylation sites is 1. The summed E-state index contributed by atoms with van der Waals surface area (Å²) in [5.41, 5.74) is 17.6. The Morgan fingerprint density at radius 3 is 1.47 bits per heavy atom. The summed E-state index contributed by atoms with van der Waals surface area (Å²) in [6, 6.07) is 71.1. The minimum atomic E-state index is -0.287. The van der Waals surface area contributed by atoms with Crippen LogP contribution in [0.15, 0.2) is 205 Å². The van der Waals surface area contributed by atoms with Crippen LogP contribution in [0, 0.1) is 0 Å². The van der Waals surface area contributed by atoms with Gasteiger partial charge in [-0.15, -0.1) is 0 Å². The van der Waals surface area contributed by atoms with Crippen LogP contribution in [0.5, 0.6) is 0 Å². The van der Waals surface area contributed by atoms with E-state index < -0.39 is 0 Å². The smallest absolute Gasteiger partial charge is 0.160 e. The van der Waals surface area contributed by atoms with Gasteiger partial charge in [0.1, 0.15) is 11.2 Å². The third kappa shape index (κ3) is 5.43. The molecule has 3 nitrogen and oxygen atoms in total. The molecule has 57 heavy (non-hydrogen) atoms. The van der Waals surface area contributed by atoms with Crippen LogP contribution in [-0.4, -0.2) is 9.97 Å². The lowest BCUT2D eigenvalue weighted by Gasteiger charge is -2.30. The second-order valence-corrected chi connectivity index (χ2v) is 15.1. The average molecular weight is 729 g/mol. The summed E-state index contributed by atoms with van der Waals surface area (Å²) < 4.78 is 6.08. The molecule has 0 spiro atoms. The Hall–Kier alpha value is -7.36. The zero-order chi connectivity index (χ0) is 37.9. The first-order valence-corrected chi connectivity index (χ1v) is 19.5. The van der Waals surface area contributed by atoms with Crippen molar-refractivity contribution < 1.29 is 4.42 Å². The molecule has 11 rings (SSSR count). The number of benzene rings is 8. The molecule has 0 radical (unpaired) electrons. The number of hydrogen-bond donors (Lipinski definition) is 0. The van der Waals surface area contributed by atoms with Crippen molar-refractivity contribution in [1.29, 1.82) is 0 Å². The number of hydrogen-bond acceptors (Lipinski definition) is 3. The molecule has 8 aromatic carbocycles. The maximum absolute atomic E-state index is 6.08. The molecule has 3 heteroatoms. The summed E-state index contributed by atoms with van der Waals surface area (Å²) in [4.78, 5) is 10.2. The second-order valence-electron chi connectivity index (χ2n) is 15.1. The molecule has 10 aromatic rings. The Balaban J connectivity index is 0.965. The quantitative estimate of drug-likeness (QED) is 0.171. The molecule has 268 valence electrons. The molecule has 0 saturated heterocycles. The van der Waals surface area contributed by atoms with Crippen LogP contribution in [0.4, 0.5) is 0 Å². The van der Waals surface area contributed by atoms with Gasteiger partial charge in [-0.05, 0) is 81.3 Å². The van der Waals surface area contributed by atoms with Gasteiger partial charge < -0.3 is 4.42 Å². The highest BCUT2D eigenvalue weighted by Gasteiger charge is 2.41. The third-order valence-electron chi connectivity index (χ3n) is 11.8. The van der Waals surface area contributed by atoms with E-state index in [1.165, 1.54) is 38.9 Å². The predicted molar refractivity (Wildman–Crippen MR) is 234 cm³/mol. The normalized spacial score (nSPS) is 12.8. The summed E-state index contributed by atoms with van der Waals surface area (Å²) in [6.07, 6.45) is 0. The summed E-state index contributed by atoms with van der Waals surface area (Å²) in [5, 5.41) is 2.25. The van der Waals surface area contributed by atoms with E-state index in [2.05, 4.69) is 177 Å². The molecule has 0 amide bonds. The molecule has 2 aromatic heterocycles. The van der Waals surface area contributed by atoms with Gasteiger partial charge in [0.2, 0.25) is 0 Å². The van der Waals surface area contributed by atoms with Crippen LogP contribution in [0.1, 0.15) is 23.6 Å². The first-order chi connectivity index (χ1) is 28.1. The molecule has 0 aliphatic heterocycles. The highest BCUT2D eigenvalue weighted by atomic mass is 16.3. The third-order valence-corrected chi connectivity index (χ3v) is 11.8. The molecular formula is C54H36N2O. The Bertz CT molecular complexity index is 3080. The molecule has 0 saturated carbocycles. The fourth-order valence-corrected chi connectivity index (χ4v) is 8.93. The average Bonchev–Trinajstić information content (AvgIpc) is 3.79. The van der Waals surface area contributed by atoms with E-state index in [1.54, 1.807) is 0 Å². The van der Waals surface area contributed by atoms with Gasteiger partial charge in [0.25, 0.3) is 0 Å². The largest absolute Gasteiger partial charge is 0.456 e. The highest BCUT2D eigenvalue weighted by molar-refractivity contribution is 6.06. The maximum atomic E-state index is 6.08. The Labute approximate surface area is 331 Å². The van der Waals surface area contributed by atoms with Crippen LogP contribution in [0.2, 0.25) is 0 Å². The maximum Gasteiger partial charge on any atom is 0.160 e. The van der Waals surface area contributed by atoms with Crippen LogP contribution in [0.25, 0.3) is 89.2 Å². The molecule has 0 fully saturated rings. The highest BCUT2D eigenvalue weighted by Crippen LogP contribution is 2.54. The number of furan rings is 1. The van der Waals surface area contributed by atoms with Crippen molar-refractivity contribution in [2.45, 2.75) is 12.3 Å². The SMILES string of the molecule is CC1(c2ccccc2-c2ccc(-c3cc(-c4ccc(-c5ccc6oc7ccccc7c6c5)cc4)nc(-c4ccccc4)n3)cc2)c2ccccc2-c2ccccc21. The minimum Gasteiger partial charge on any atom is -0.456 e. The van der Waals surface area contributed by atoms with E-state index in [0.29, 0.717) is 5.82 Å². The van der Waals surface area contributed by atoms with E-state index in [4.69, 9.17) is 14.4 Å². The fourth-order valence-electron chi connectivity index (χ4n) is 8.93. The van der Waals surface area contributed by atoms with Crippen molar-refractivity contribution in [2.24, 2.45) is 0 Å². The lowest BCUT2D eigenvalue weighted by molar-refractivity contribution is 0.669. The van der Waals surface area contributed by atoms with Crippen LogP contribution in [-0.2, 0) is 5.41 Å². The molecule has 0 bridgehead atoms. The van der Waals surface area contributed by atoms with Crippen LogP contribution in [0.3, 0.4) is 0 Å². The van der Waals surface area contributed by atoms with Crippen molar-refractivity contribution in [3.63, 3.8) is 0 Å². The number of nitrogens with zero attached hydrogens (tertiary/aromatic N) is 2. The van der Waals surface area contributed by atoms with Crippen LogP contribution < -0.4 is 0 Å². The standard InChI is InChI=1S/C54H36N2O/c1-54(47-20-10-6-16-42(47)43-17-7-11-21-48(43)54)46-19-9-5-15-41(46)36-25-29-38(30-26-36)50-34-49(55-53(56-50)39-13-3-2-4-14-39)37-27-23-35(24-28-37)40-31-32-52-45(33-40)44-18-8-12-22-51(44)57-52/h2-34H,1H3. The van der Waals surface area contributed by atoms with Crippen LogP contribution >= 0.6 is 0 Å². The van der Waals surface area contributed by atoms with E-state index in [9.17, 15) is 0 Å². The van der Waals surface area contributed by atoms with Gasteiger partial charge >= 0.3 is 0 Å². The minimum absolute atomic E-state index is 0.287. The monoisotopic (exact) mass is 728 g/mol. The van der Waals surface area contributed by atoms with E-state index in [1.807, 2.05) is 30.3 Å². The Kier molecular flexibility index (Phi) is 7.61. The number of fused-ring (bicyclic) bond motifs is 6. The van der Waals surface area contributed by atoms with Crippen molar-refractivity contribution in [3.05, 3.63) is 217 Å². The van der Waals surface area contributed by atoms with E-state index in [0.717, 1.165) is 61.1 Å². The van der Waals surface area contributed by atoms with Gasteiger partial charge in [0.15, 0.2) is 5.82 Å².